The van der Waals surface area contributed by atoms with Crippen LogP contribution in [-0.2, 0) is 19.6 Å². The molecule has 1 fully saturated rings. The lowest BCUT2D eigenvalue weighted by Crippen LogP contribution is -2.32. The van der Waals surface area contributed by atoms with E-state index in [1.165, 1.54) is 54.7 Å². The van der Waals surface area contributed by atoms with Gasteiger partial charge in [-0.15, -0.1) is 0 Å². The maximum Gasteiger partial charge on any atom is 0.338 e. The minimum absolute atomic E-state index is 0.0410. The number of nitrogens with one attached hydrogen (secondary N) is 1. The number of anilines is 1. The highest BCUT2D eigenvalue weighted by atomic mass is 32.2. The first-order valence-electron chi connectivity index (χ1n) is 10.7. The van der Waals surface area contributed by atoms with Crippen LogP contribution < -0.4 is 10.1 Å². The average Bonchev–Trinajstić information content (AvgIpc) is 3.10. The van der Waals surface area contributed by atoms with E-state index in [2.05, 4.69) is 5.32 Å². The number of methoxy groups -OCH3 is 1. The summed E-state index contributed by atoms with van der Waals surface area (Å²) in [6.45, 7) is 2.13. The van der Waals surface area contributed by atoms with Gasteiger partial charge < -0.3 is 14.8 Å². The first-order valence-corrected chi connectivity index (χ1v) is 12.1. The number of para-hydroxylation sites is 1. The number of esters is 1. The standard InChI is InChI=1S/C23H27FN2O6S/c1-16(22(27)25-19-10-6-5-9-18(19)24)32-23(28)17-11-12-20(31-2)21(15-17)33(29,30)26-13-7-3-4-8-14-26/h5-6,9-12,15-16H,3-4,7-8,13-14H2,1-2H3,(H,25,27). The molecule has 8 nitrogen and oxygen atoms in total. The molecule has 0 bridgehead atoms. The zero-order valence-electron chi connectivity index (χ0n) is 18.5. The quantitative estimate of drug-likeness (QED) is 0.611. The number of carbonyl (C=O) groups excluding carboxylic acids is 2. The molecular formula is C23H27FN2O6S. The minimum Gasteiger partial charge on any atom is -0.495 e. The lowest BCUT2D eigenvalue weighted by Gasteiger charge is -2.21. The van der Waals surface area contributed by atoms with Crippen LogP contribution in [0.2, 0.25) is 0 Å². The third-order valence-electron chi connectivity index (χ3n) is 5.37. The largest absolute Gasteiger partial charge is 0.495 e. The van der Waals surface area contributed by atoms with Crippen LogP contribution in [0.3, 0.4) is 0 Å². The van der Waals surface area contributed by atoms with E-state index in [-0.39, 0.29) is 21.9 Å². The summed E-state index contributed by atoms with van der Waals surface area (Å²) in [4.78, 5) is 24.8. The van der Waals surface area contributed by atoms with Gasteiger partial charge in [0.15, 0.2) is 6.10 Å². The summed E-state index contributed by atoms with van der Waals surface area (Å²) in [5.74, 6) is -2.12. The molecule has 1 N–H and O–H groups in total. The fourth-order valence-electron chi connectivity index (χ4n) is 3.51. The Bertz CT molecular complexity index is 1110. The highest BCUT2D eigenvalue weighted by Crippen LogP contribution is 2.29. The molecule has 1 saturated heterocycles. The van der Waals surface area contributed by atoms with Crippen LogP contribution in [0.1, 0.15) is 43.0 Å². The molecule has 0 spiro atoms. The Morgan fingerprint density at radius 3 is 2.36 bits per heavy atom. The molecule has 2 aromatic carbocycles. The van der Waals surface area contributed by atoms with Crippen molar-refractivity contribution in [1.82, 2.24) is 4.31 Å². The predicted octanol–water partition coefficient (Wildman–Crippen LogP) is 3.58. The molecule has 33 heavy (non-hydrogen) atoms. The van der Waals surface area contributed by atoms with Gasteiger partial charge in [0.1, 0.15) is 16.5 Å². The van der Waals surface area contributed by atoms with E-state index in [9.17, 15) is 22.4 Å². The van der Waals surface area contributed by atoms with Gasteiger partial charge in [0.2, 0.25) is 10.0 Å². The Labute approximate surface area is 192 Å². The highest BCUT2D eigenvalue weighted by molar-refractivity contribution is 7.89. The summed E-state index contributed by atoms with van der Waals surface area (Å²) in [7, 11) is -2.54. The van der Waals surface area contributed by atoms with Crippen molar-refractivity contribution in [2.75, 3.05) is 25.5 Å². The number of ether oxygens (including phenoxy) is 2. The second kappa shape index (κ2) is 10.8. The molecule has 0 aliphatic carbocycles. The lowest BCUT2D eigenvalue weighted by atomic mass is 10.2. The van der Waals surface area contributed by atoms with E-state index >= 15 is 0 Å². The summed E-state index contributed by atoms with van der Waals surface area (Å²) in [5.41, 5.74) is -0.0876. The van der Waals surface area contributed by atoms with E-state index in [1.54, 1.807) is 6.07 Å². The van der Waals surface area contributed by atoms with Crippen molar-refractivity contribution in [3.8, 4) is 5.75 Å². The van der Waals surface area contributed by atoms with Crippen LogP contribution in [-0.4, -0.2) is 50.9 Å². The van der Waals surface area contributed by atoms with Crippen molar-refractivity contribution in [3.05, 3.63) is 53.8 Å². The molecule has 0 radical (unpaired) electrons. The van der Waals surface area contributed by atoms with Crippen molar-refractivity contribution in [3.63, 3.8) is 0 Å². The van der Waals surface area contributed by atoms with Crippen LogP contribution in [0, 0.1) is 5.82 Å². The fraction of sp³-hybridized carbons (Fsp3) is 0.391. The molecule has 178 valence electrons. The Balaban J connectivity index is 1.78. The molecule has 1 heterocycles. The predicted molar refractivity (Wildman–Crippen MR) is 120 cm³/mol. The zero-order chi connectivity index (χ0) is 24.0. The number of amides is 1. The van der Waals surface area contributed by atoms with Crippen molar-refractivity contribution in [2.45, 2.75) is 43.6 Å². The summed E-state index contributed by atoms with van der Waals surface area (Å²) < 4.78 is 52.1. The van der Waals surface area contributed by atoms with E-state index in [1.807, 2.05) is 0 Å². The van der Waals surface area contributed by atoms with Crippen LogP contribution in [0.25, 0.3) is 0 Å². The van der Waals surface area contributed by atoms with E-state index in [0.717, 1.165) is 25.7 Å². The van der Waals surface area contributed by atoms with Crippen LogP contribution in [0.4, 0.5) is 10.1 Å². The Hall–Kier alpha value is -2.98. The van der Waals surface area contributed by atoms with Crippen molar-refractivity contribution in [1.29, 1.82) is 0 Å². The minimum atomic E-state index is -3.89. The number of hydrogen-bond donors (Lipinski definition) is 1. The van der Waals surface area contributed by atoms with Crippen molar-refractivity contribution in [2.24, 2.45) is 0 Å². The van der Waals surface area contributed by atoms with Gasteiger partial charge in [0.25, 0.3) is 5.91 Å². The van der Waals surface area contributed by atoms with Crippen LogP contribution in [0.15, 0.2) is 47.4 Å². The van der Waals surface area contributed by atoms with E-state index in [4.69, 9.17) is 9.47 Å². The molecule has 0 saturated carbocycles. The van der Waals surface area contributed by atoms with Crippen molar-refractivity contribution >= 4 is 27.6 Å². The summed E-state index contributed by atoms with van der Waals surface area (Å²) >= 11 is 0. The molecule has 1 unspecified atom stereocenters. The number of hydrogen-bond acceptors (Lipinski definition) is 6. The first kappa shape index (κ1) is 24.7. The van der Waals surface area contributed by atoms with Gasteiger partial charge in [-0.2, -0.15) is 4.31 Å². The summed E-state index contributed by atoms with van der Waals surface area (Å²) in [6.07, 6.45) is 2.20. The molecular weight excluding hydrogens is 451 g/mol. The van der Waals surface area contributed by atoms with Gasteiger partial charge in [-0.05, 0) is 50.1 Å². The van der Waals surface area contributed by atoms with E-state index < -0.39 is 33.8 Å². The summed E-state index contributed by atoms with van der Waals surface area (Å²) in [5, 5.41) is 2.36. The SMILES string of the molecule is COc1ccc(C(=O)OC(C)C(=O)Nc2ccccc2F)cc1S(=O)(=O)N1CCCCCC1. The molecule has 3 rings (SSSR count). The summed E-state index contributed by atoms with van der Waals surface area (Å²) in [6, 6.07) is 9.55. The van der Waals surface area contributed by atoms with Gasteiger partial charge in [0, 0.05) is 13.1 Å². The average molecular weight is 479 g/mol. The number of nitrogens with zero attached hydrogens (tertiary/aromatic N) is 1. The number of halogens is 1. The van der Waals surface area contributed by atoms with E-state index in [0.29, 0.717) is 13.1 Å². The van der Waals surface area contributed by atoms with Crippen LogP contribution >= 0.6 is 0 Å². The van der Waals surface area contributed by atoms with Gasteiger partial charge in [0.05, 0.1) is 18.4 Å². The van der Waals surface area contributed by atoms with Gasteiger partial charge in [-0.25, -0.2) is 17.6 Å². The van der Waals surface area contributed by atoms with Gasteiger partial charge >= 0.3 is 5.97 Å². The molecule has 1 atom stereocenters. The maximum atomic E-state index is 13.8. The van der Waals surface area contributed by atoms with Crippen molar-refractivity contribution < 1.29 is 31.9 Å². The second-order valence-electron chi connectivity index (χ2n) is 7.70. The third kappa shape index (κ3) is 5.88. The van der Waals surface area contributed by atoms with Gasteiger partial charge in [-0.3, -0.25) is 4.79 Å². The molecule has 0 aromatic heterocycles. The van der Waals surface area contributed by atoms with Crippen LogP contribution in [0.5, 0.6) is 5.75 Å². The third-order valence-corrected chi connectivity index (χ3v) is 7.29. The molecule has 1 amide bonds. The van der Waals surface area contributed by atoms with Gasteiger partial charge in [-0.1, -0.05) is 25.0 Å². The Morgan fingerprint density at radius 1 is 1.06 bits per heavy atom. The Kier molecular flexibility index (Phi) is 8.04. The number of carbonyl (C=O) groups is 2. The fourth-order valence-corrected chi connectivity index (χ4v) is 5.20. The monoisotopic (exact) mass is 478 g/mol. The Morgan fingerprint density at radius 2 is 1.73 bits per heavy atom. The molecule has 1 aliphatic rings. The zero-order valence-corrected chi connectivity index (χ0v) is 19.4. The molecule has 10 heteroatoms. The first-order chi connectivity index (χ1) is 15.7. The lowest BCUT2D eigenvalue weighted by molar-refractivity contribution is -0.123. The normalized spacial score (nSPS) is 15.8. The number of sulfonamides is 1. The second-order valence-corrected chi connectivity index (χ2v) is 9.61. The number of rotatable bonds is 7. The highest BCUT2D eigenvalue weighted by Gasteiger charge is 2.30. The topological polar surface area (TPSA) is 102 Å². The molecule has 1 aliphatic heterocycles. The smallest absolute Gasteiger partial charge is 0.338 e. The molecule has 2 aromatic rings. The maximum absolute atomic E-state index is 13.8. The number of benzene rings is 2.